The number of aliphatic imine (C=N–C) groups is 1. The van der Waals surface area contributed by atoms with Gasteiger partial charge in [0, 0.05) is 47.0 Å². The molecule has 0 unspecified atom stereocenters. The molecule has 3 aromatic carbocycles. The molecule has 0 bridgehead atoms. The van der Waals surface area contributed by atoms with E-state index in [1.807, 2.05) is 117 Å². The fourth-order valence-electron chi connectivity index (χ4n) is 9.37. The Labute approximate surface area is 422 Å². The number of thiazole rings is 1. The van der Waals surface area contributed by atoms with Gasteiger partial charge >= 0.3 is 0 Å². The first-order chi connectivity index (χ1) is 33.4. The zero-order valence-corrected chi connectivity index (χ0v) is 43.2. The number of fused-ring (bicyclic) bond motifs is 3. The summed E-state index contributed by atoms with van der Waals surface area (Å²) >= 11 is 9.53. The molecular weight excluding hydrogens is 940 g/mol. The number of β-amino-alcohol motifs (C(OH)–C–C–N with tert-alkyl or cyclic N) is 1. The number of Topliss-reactive ketones (excluding diaryl/α,β-unsaturated/α-hetero) is 1. The number of halogens is 1. The minimum atomic E-state index is -0.911. The average Bonchev–Trinajstić information content (AvgIpc) is 4.09. The lowest BCUT2D eigenvalue weighted by Crippen LogP contribution is -2.57. The largest absolute Gasteiger partial charge is 0.391 e. The van der Waals surface area contributed by atoms with E-state index in [-0.39, 0.29) is 55.7 Å². The number of benzene rings is 3. The molecule has 13 nitrogen and oxygen atoms in total. The second-order valence-electron chi connectivity index (χ2n) is 19.6. The van der Waals surface area contributed by atoms with E-state index in [0.717, 1.165) is 85.3 Å². The van der Waals surface area contributed by atoms with E-state index in [0.29, 0.717) is 23.8 Å². The number of aryl methyl sites for hydroxylation is 5. The third-order valence-corrected chi connectivity index (χ3v) is 15.7. The highest BCUT2D eigenvalue weighted by atomic mass is 35.5. The van der Waals surface area contributed by atoms with Gasteiger partial charge in [0.2, 0.25) is 17.7 Å². The lowest BCUT2D eigenvalue weighted by molar-refractivity contribution is -0.143. The Bertz CT molecular complexity index is 2920. The van der Waals surface area contributed by atoms with E-state index in [4.69, 9.17) is 16.6 Å². The van der Waals surface area contributed by atoms with Crippen molar-refractivity contribution in [2.45, 2.75) is 124 Å². The van der Waals surface area contributed by atoms with Crippen LogP contribution in [0.4, 0.5) is 0 Å². The number of nitrogens with one attached hydrogen (secondary N) is 2. The van der Waals surface area contributed by atoms with E-state index in [2.05, 4.69) is 39.7 Å². The van der Waals surface area contributed by atoms with Crippen molar-refractivity contribution < 1.29 is 24.3 Å². The summed E-state index contributed by atoms with van der Waals surface area (Å²) in [6.45, 7) is 14.3. The summed E-state index contributed by atoms with van der Waals surface area (Å²) in [5.41, 5.74) is 9.97. The Morgan fingerprint density at radius 1 is 0.886 bits per heavy atom. The number of carbonyl (C=O) groups excluding carboxylic acids is 4. The summed E-state index contributed by atoms with van der Waals surface area (Å²) in [4.78, 5) is 68.5. The van der Waals surface area contributed by atoms with Crippen molar-refractivity contribution in [2.75, 3.05) is 13.1 Å². The number of unbranched alkanes of at least 4 members (excludes halogenated alkanes) is 1. The molecule has 4 atom stereocenters. The van der Waals surface area contributed by atoms with E-state index < -0.39 is 29.6 Å². The van der Waals surface area contributed by atoms with Crippen molar-refractivity contribution in [2.24, 2.45) is 10.4 Å². The normalized spacial score (nSPS) is 17.1. The summed E-state index contributed by atoms with van der Waals surface area (Å²) in [5.74, 6) is 0.458. The van der Waals surface area contributed by atoms with Crippen molar-refractivity contribution in [3.05, 3.63) is 139 Å². The molecule has 5 heterocycles. The number of hydrogen-bond donors (Lipinski definition) is 3. The van der Waals surface area contributed by atoms with Gasteiger partial charge in [-0.25, -0.2) is 4.98 Å². The fourth-order valence-corrected chi connectivity index (χ4v) is 11.5. The fraction of sp³-hybridized carbons (Fsp3) is 0.407. The van der Waals surface area contributed by atoms with E-state index in [1.54, 1.807) is 22.7 Å². The van der Waals surface area contributed by atoms with Gasteiger partial charge in [-0.2, -0.15) is 0 Å². The number of amides is 3. The molecule has 3 amide bonds. The van der Waals surface area contributed by atoms with Crippen molar-refractivity contribution in [1.82, 2.24) is 35.3 Å². The minimum Gasteiger partial charge on any atom is -0.391 e. The lowest BCUT2D eigenvalue weighted by Gasteiger charge is -2.35. The Morgan fingerprint density at radius 2 is 1.61 bits per heavy atom. The second-order valence-corrected chi connectivity index (χ2v) is 22.1. The summed E-state index contributed by atoms with van der Waals surface area (Å²) in [6, 6.07) is 21.4. The van der Waals surface area contributed by atoms with Gasteiger partial charge in [-0.3, -0.25) is 28.7 Å². The van der Waals surface area contributed by atoms with Crippen molar-refractivity contribution in [3.8, 4) is 15.4 Å². The maximum atomic E-state index is 14.3. The second kappa shape index (κ2) is 21.6. The van der Waals surface area contributed by atoms with Crippen LogP contribution in [0.3, 0.4) is 0 Å². The van der Waals surface area contributed by atoms with Crippen LogP contribution in [0.5, 0.6) is 0 Å². The topological polar surface area (TPSA) is 172 Å². The first kappa shape index (κ1) is 50.5. The molecule has 6 aromatic rings. The highest BCUT2D eigenvalue weighted by molar-refractivity contribution is 7.15. The molecule has 3 aromatic heterocycles. The van der Waals surface area contributed by atoms with Crippen LogP contribution in [-0.4, -0.2) is 90.2 Å². The molecule has 2 aliphatic rings. The smallest absolute Gasteiger partial charge is 0.246 e. The summed E-state index contributed by atoms with van der Waals surface area (Å²) in [6.07, 6.45) is 2.56. The number of hydrogen-bond acceptors (Lipinski definition) is 11. The zero-order valence-electron chi connectivity index (χ0n) is 40.8. The maximum absolute atomic E-state index is 14.3. The number of rotatable bonds is 17. The Hall–Kier alpha value is -5.87. The average molecular weight is 1000 g/mol. The molecule has 2 aliphatic heterocycles. The van der Waals surface area contributed by atoms with Gasteiger partial charge in [0.05, 0.1) is 46.8 Å². The number of nitrogens with zero attached hydrogens (tertiary/aromatic N) is 6. The number of thiophene rings is 1. The number of aliphatic hydroxyl groups excluding tert-OH is 1. The summed E-state index contributed by atoms with van der Waals surface area (Å²) < 4.78 is 2.04. The van der Waals surface area contributed by atoms with Crippen LogP contribution in [0, 0.1) is 33.1 Å². The van der Waals surface area contributed by atoms with Crippen LogP contribution in [0.15, 0.2) is 83.3 Å². The van der Waals surface area contributed by atoms with Crippen LogP contribution >= 0.6 is 34.3 Å². The highest BCUT2D eigenvalue weighted by Crippen LogP contribution is 2.40. The molecule has 1 fully saturated rings. The number of carbonyl (C=O) groups is 4. The van der Waals surface area contributed by atoms with Gasteiger partial charge in [0.1, 0.15) is 22.9 Å². The molecule has 3 N–H and O–H groups in total. The van der Waals surface area contributed by atoms with Gasteiger partial charge in [0.15, 0.2) is 11.6 Å². The Morgan fingerprint density at radius 3 is 2.33 bits per heavy atom. The Balaban J connectivity index is 0.829. The zero-order chi connectivity index (χ0) is 49.9. The van der Waals surface area contributed by atoms with E-state index in [1.165, 1.54) is 9.78 Å². The molecule has 16 heteroatoms. The van der Waals surface area contributed by atoms with Crippen molar-refractivity contribution in [1.29, 1.82) is 0 Å². The summed E-state index contributed by atoms with van der Waals surface area (Å²) in [7, 11) is 0. The predicted molar refractivity (Wildman–Crippen MR) is 277 cm³/mol. The van der Waals surface area contributed by atoms with Crippen LogP contribution < -0.4 is 10.6 Å². The number of aromatic nitrogens is 4. The van der Waals surface area contributed by atoms with Crippen LogP contribution in [0.25, 0.3) is 15.4 Å². The highest BCUT2D eigenvalue weighted by Gasteiger charge is 2.44. The maximum Gasteiger partial charge on any atom is 0.246 e. The number of aliphatic hydroxyl groups is 1. The monoisotopic (exact) mass is 1000 g/mol. The predicted octanol–water partition coefficient (Wildman–Crippen LogP) is 9.00. The number of ketones is 1. The van der Waals surface area contributed by atoms with Gasteiger partial charge in [0.25, 0.3) is 0 Å². The van der Waals surface area contributed by atoms with Gasteiger partial charge in [-0.15, -0.1) is 32.9 Å². The van der Waals surface area contributed by atoms with Crippen LogP contribution in [0.1, 0.15) is 115 Å². The summed E-state index contributed by atoms with van der Waals surface area (Å²) in [5, 5.41) is 27.4. The molecule has 366 valence electrons. The molecule has 0 radical (unpaired) electrons. The molecule has 1 saturated heterocycles. The molecule has 0 saturated carbocycles. The third kappa shape index (κ3) is 11.5. The first-order valence-corrected chi connectivity index (χ1v) is 26.0. The van der Waals surface area contributed by atoms with Gasteiger partial charge in [-0.05, 0) is 98.7 Å². The van der Waals surface area contributed by atoms with E-state index >= 15 is 0 Å². The molecule has 8 rings (SSSR count). The number of likely N-dealkylation sites (tertiary alicyclic amines) is 1. The molecule has 0 aliphatic carbocycles. The molecule has 70 heavy (non-hydrogen) atoms. The quantitative estimate of drug-likeness (QED) is 0.0760. The van der Waals surface area contributed by atoms with Gasteiger partial charge < -0.3 is 20.6 Å². The van der Waals surface area contributed by atoms with Gasteiger partial charge in [-0.1, -0.05) is 93.0 Å². The molecular formula is C54H61ClN8O5S2. The van der Waals surface area contributed by atoms with Crippen molar-refractivity contribution >= 4 is 63.5 Å². The third-order valence-electron chi connectivity index (χ3n) is 13.3. The lowest BCUT2D eigenvalue weighted by atomic mass is 9.85. The SMILES string of the molecule is Cc1ncsc1-c1ccc(CCC(=O)[C@@H]2C[C@@H](O)CN2C(=O)[C@@H](NC(=O)Cc2cccc(CCCCNC(=O)C[C@@H]3N=C(c4ccc(Cl)cc4)c4c(sc(C)c4C)-n4c(C)nnc43)c2)C(C)(C)C)cc1. The Kier molecular flexibility index (Phi) is 15.6. The first-order valence-electron chi connectivity index (χ1n) is 24.0. The minimum absolute atomic E-state index is 0.0348. The van der Waals surface area contributed by atoms with E-state index in [9.17, 15) is 24.3 Å². The molecule has 0 spiro atoms. The van der Waals surface area contributed by atoms with Crippen LogP contribution in [-0.2, 0) is 38.4 Å². The standard InChI is InChI=1S/C54H61ClN8O5S2/c1-31-33(3)70-53-47(31)48(38-19-21-40(55)22-20-38)58-42(51-61-60-34(4)63(51)53)28-45(66)56-24-9-8-11-36-12-10-13-37(25-36)26-46(67)59-50(54(5,6)7)52(68)62-29-41(64)27-43(62)44(65)23-16-35-14-17-39(18-15-35)49-32(2)57-30-69-49/h10,12-15,17-22,25,30,41-43,50,64H,8-9,11,16,23-24,26-29H2,1-7H3,(H,56,66)(H,59,67)/t41-,42+,43+,50-/m1/s1. The van der Waals surface area contributed by atoms with Crippen molar-refractivity contribution in [3.63, 3.8) is 0 Å². The van der Waals surface area contributed by atoms with Crippen LogP contribution in [0.2, 0.25) is 5.02 Å².